The van der Waals surface area contributed by atoms with Gasteiger partial charge in [0.1, 0.15) is 0 Å². The first kappa shape index (κ1) is 18.7. The first-order valence-electron chi connectivity index (χ1n) is 10.2. The van der Waals surface area contributed by atoms with Gasteiger partial charge in [-0.25, -0.2) is 4.79 Å². The van der Waals surface area contributed by atoms with Gasteiger partial charge in [-0.1, -0.05) is 18.2 Å². The van der Waals surface area contributed by atoms with Gasteiger partial charge < -0.3 is 19.8 Å². The Bertz CT molecular complexity index is 1130. The van der Waals surface area contributed by atoms with Crippen LogP contribution >= 0.6 is 0 Å². The standard InChI is InChI=1S/C22H24N4O4/c27-21(23-12-15-5-6-19-20(11-15)30-14-29-19)13-25-9-7-16(8-10-25)26-18-4-2-1-3-17(18)24-22(26)28/h1-6,11,16H,7-10,12-14H2,(H,23,27)(H,24,28). The Hall–Kier alpha value is -3.26. The van der Waals surface area contributed by atoms with Crippen LogP contribution in [0.3, 0.4) is 0 Å². The molecule has 3 aromatic rings. The number of nitrogens with zero attached hydrogens (tertiary/aromatic N) is 2. The summed E-state index contributed by atoms with van der Waals surface area (Å²) < 4.78 is 12.5. The average Bonchev–Trinajstić information content (AvgIpc) is 3.36. The fourth-order valence-corrected chi connectivity index (χ4v) is 4.28. The number of piperidine rings is 1. The van der Waals surface area contributed by atoms with E-state index < -0.39 is 0 Å². The molecule has 5 rings (SSSR count). The number of fused-ring (bicyclic) bond motifs is 2. The molecule has 0 unspecified atom stereocenters. The highest BCUT2D eigenvalue weighted by Gasteiger charge is 2.24. The molecular formula is C22H24N4O4. The topological polar surface area (TPSA) is 88.6 Å². The minimum absolute atomic E-state index is 0.00428. The van der Waals surface area contributed by atoms with Crippen LogP contribution in [-0.4, -0.2) is 46.8 Å². The van der Waals surface area contributed by atoms with E-state index in [2.05, 4.69) is 15.2 Å². The Balaban J connectivity index is 1.14. The Morgan fingerprint density at radius 3 is 2.77 bits per heavy atom. The first-order chi connectivity index (χ1) is 14.7. The second-order valence-electron chi connectivity index (χ2n) is 7.79. The average molecular weight is 408 g/mol. The fraction of sp³-hybridized carbons (Fsp3) is 0.364. The van der Waals surface area contributed by atoms with Crippen molar-refractivity contribution in [3.05, 3.63) is 58.5 Å². The molecule has 8 heteroatoms. The molecule has 2 aliphatic rings. The Labute approximate surface area is 173 Å². The molecular weight excluding hydrogens is 384 g/mol. The van der Waals surface area contributed by atoms with Crippen LogP contribution in [0.15, 0.2) is 47.3 Å². The third-order valence-electron chi connectivity index (χ3n) is 5.84. The van der Waals surface area contributed by atoms with E-state index in [0.29, 0.717) is 13.1 Å². The number of carbonyl (C=O) groups is 1. The van der Waals surface area contributed by atoms with Crippen molar-refractivity contribution in [2.45, 2.75) is 25.4 Å². The molecule has 30 heavy (non-hydrogen) atoms. The maximum atomic E-state index is 12.4. The number of ether oxygens (including phenoxy) is 2. The molecule has 1 fully saturated rings. The van der Waals surface area contributed by atoms with Crippen LogP contribution in [0.25, 0.3) is 11.0 Å². The predicted octanol–water partition coefficient (Wildman–Crippen LogP) is 2.01. The summed E-state index contributed by atoms with van der Waals surface area (Å²) in [4.78, 5) is 29.9. The number of benzene rings is 2. The maximum Gasteiger partial charge on any atom is 0.326 e. The zero-order chi connectivity index (χ0) is 20.5. The highest BCUT2D eigenvalue weighted by atomic mass is 16.7. The van der Waals surface area contributed by atoms with E-state index >= 15 is 0 Å². The van der Waals surface area contributed by atoms with Crippen LogP contribution in [-0.2, 0) is 11.3 Å². The smallest absolute Gasteiger partial charge is 0.326 e. The van der Waals surface area contributed by atoms with E-state index in [-0.39, 0.29) is 24.4 Å². The van der Waals surface area contributed by atoms with E-state index in [4.69, 9.17) is 9.47 Å². The van der Waals surface area contributed by atoms with Gasteiger partial charge in [0.05, 0.1) is 17.6 Å². The van der Waals surface area contributed by atoms with Crippen molar-refractivity contribution in [1.29, 1.82) is 0 Å². The number of aromatic nitrogens is 2. The summed E-state index contributed by atoms with van der Waals surface area (Å²) >= 11 is 0. The normalized spacial score (nSPS) is 16.8. The lowest BCUT2D eigenvalue weighted by Gasteiger charge is -2.32. The van der Waals surface area contributed by atoms with Crippen molar-refractivity contribution >= 4 is 16.9 Å². The zero-order valence-corrected chi connectivity index (χ0v) is 16.6. The zero-order valence-electron chi connectivity index (χ0n) is 16.6. The minimum Gasteiger partial charge on any atom is -0.454 e. The number of carbonyl (C=O) groups excluding carboxylic acids is 1. The van der Waals surface area contributed by atoms with Crippen molar-refractivity contribution in [1.82, 2.24) is 19.8 Å². The Kier molecular flexibility index (Phi) is 4.92. The molecule has 0 radical (unpaired) electrons. The summed E-state index contributed by atoms with van der Waals surface area (Å²) in [7, 11) is 0. The molecule has 0 spiro atoms. The third-order valence-corrected chi connectivity index (χ3v) is 5.84. The highest BCUT2D eigenvalue weighted by molar-refractivity contribution is 5.78. The van der Waals surface area contributed by atoms with E-state index in [1.807, 2.05) is 47.0 Å². The quantitative estimate of drug-likeness (QED) is 0.674. The van der Waals surface area contributed by atoms with Gasteiger partial charge in [-0.3, -0.25) is 14.3 Å². The molecule has 1 aromatic heterocycles. The van der Waals surface area contributed by atoms with E-state index in [1.165, 1.54) is 0 Å². The van der Waals surface area contributed by atoms with Crippen LogP contribution in [0, 0.1) is 0 Å². The highest BCUT2D eigenvalue weighted by Crippen LogP contribution is 2.32. The summed E-state index contributed by atoms with van der Waals surface area (Å²) in [6.07, 6.45) is 1.69. The van der Waals surface area contributed by atoms with E-state index in [9.17, 15) is 9.59 Å². The number of rotatable bonds is 5. The largest absolute Gasteiger partial charge is 0.454 e. The van der Waals surface area contributed by atoms with E-state index in [1.54, 1.807) is 0 Å². The van der Waals surface area contributed by atoms with Crippen molar-refractivity contribution < 1.29 is 14.3 Å². The molecule has 0 saturated carbocycles. The number of H-pyrrole nitrogens is 1. The third kappa shape index (κ3) is 3.66. The number of hydrogen-bond acceptors (Lipinski definition) is 5. The Morgan fingerprint density at radius 1 is 1.10 bits per heavy atom. The second kappa shape index (κ2) is 7.87. The number of nitrogens with one attached hydrogen (secondary N) is 2. The van der Waals surface area contributed by atoms with Crippen molar-refractivity contribution in [3.8, 4) is 11.5 Å². The number of likely N-dealkylation sites (tertiary alicyclic amines) is 1. The summed E-state index contributed by atoms with van der Waals surface area (Å²) in [5.41, 5.74) is 2.73. The molecule has 156 valence electrons. The van der Waals surface area contributed by atoms with Gasteiger partial charge in [0.15, 0.2) is 11.5 Å². The van der Waals surface area contributed by atoms with Crippen LogP contribution in [0.5, 0.6) is 11.5 Å². The molecule has 1 amide bonds. The molecule has 2 aliphatic heterocycles. The summed E-state index contributed by atoms with van der Waals surface area (Å²) in [5, 5.41) is 2.97. The fourth-order valence-electron chi connectivity index (χ4n) is 4.28. The molecule has 2 aromatic carbocycles. The van der Waals surface area contributed by atoms with Crippen LogP contribution in [0.4, 0.5) is 0 Å². The molecule has 3 heterocycles. The lowest BCUT2D eigenvalue weighted by atomic mass is 10.0. The molecule has 8 nitrogen and oxygen atoms in total. The molecule has 2 N–H and O–H groups in total. The van der Waals surface area contributed by atoms with Gasteiger partial charge in [-0.2, -0.15) is 0 Å². The summed E-state index contributed by atoms with van der Waals surface area (Å²) in [6, 6.07) is 13.6. The van der Waals surface area contributed by atoms with Crippen LogP contribution in [0.1, 0.15) is 24.4 Å². The lowest BCUT2D eigenvalue weighted by Crippen LogP contribution is -2.42. The molecule has 0 aliphatic carbocycles. The summed E-state index contributed by atoms with van der Waals surface area (Å²) in [6.45, 7) is 2.63. The number of imidazole rings is 1. The van der Waals surface area contributed by atoms with Crippen molar-refractivity contribution in [3.63, 3.8) is 0 Å². The molecule has 0 bridgehead atoms. The van der Waals surface area contributed by atoms with Gasteiger partial charge in [-0.05, 0) is 42.7 Å². The molecule has 0 atom stereocenters. The van der Waals surface area contributed by atoms with Crippen LogP contribution < -0.4 is 20.5 Å². The first-order valence-corrected chi connectivity index (χ1v) is 10.2. The van der Waals surface area contributed by atoms with Gasteiger partial charge in [0.25, 0.3) is 0 Å². The number of para-hydroxylation sites is 2. The number of hydrogen-bond donors (Lipinski definition) is 2. The molecule has 1 saturated heterocycles. The van der Waals surface area contributed by atoms with E-state index in [0.717, 1.165) is 54.0 Å². The van der Waals surface area contributed by atoms with Crippen molar-refractivity contribution in [2.75, 3.05) is 26.4 Å². The van der Waals surface area contributed by atoms with Gasteiger partial charge in [0.2, 0.25) is 12.7 Å². The maximum absolute atomic E-state index is 12.4. The number of amides is 1. The summed E-state index contributed by atoms with van der Waals surface area (Å²) in [5.74, 6) is 1.45. The minimum atomic E-state index is -0.0591. The second-order valence-corrected chi connectivity index (χ2v) is 7.79. The lowest BCUT2D eigenvalue weighted by molar-refractivity contribution is -0.122. The number of aromatic amines is 1. The van der Waals surface area contributed by atoms with Gasteiger partial charge in [-0.15, -0.1) is 0 Å². The monoisotopic (exact) mass is 408 g/mol. The van der Waals surface area contributed by atoms with Gasteiger partial charge >= 0.3 is 5.69 Å². The Morgan fingerprint density at radius 2 is 1.90 bits per heavy atom. The van der Waals surface area contributed by atoms with Crippen molar-refractivity contribution in [2.24, 2.45) is 0 Å². The van der Waals surface area contributed by atoms with Crippen LogP contribution in [0.2, 0.25) is 0 Å². The van der Waals surface area contributed by atoms with Gasteiger partial charge in [0, 0.05) is 25.7 Å². The SMILES string of the molecule is O=C(CN1CCC(n2c(=O)[nH]c3ccccc32)CC1)NCc1ccc2c(c1)OCO2. The predicted molar refractivity (Wildman–Crippen MR) is 112 cm³/mol.